The Kier molecular flexibility index (Phi) is 9.17. The van der Waals surface area contributed by atoms with Crippen molar-refractivity contribution in [2.45, 2.75) is 51.1 Å². The summed E-state index contributed by atoms with van der Waals surface area (Å²) in [5.41, 5.74) is 1.39. The number of likely N-dealkylation sites (N-methyl/N-ethyl adjacent to an activating group) is 1. The van der Waals surface area contributed by atoms with Crippen LogP contribution in [0.4, 0.5) is 0 Å². The van der Waals surface area contributed by atoms with E-state index >= 15 is 0 Å². The van der Waals surface area contributed by atoms with Gasteiger partial charge in [-0.1, -0.05) is 13.3 Å². The molecule has 0 radical (unpaired) electrons. The van der Waals surface area contributed by atoms with E-state index in [1.165, 1.54) is 13.1 Å². The number of nitrogens with zero attached hydrogens (tertiary/aromatic N) is 1. The van der Waals surface area contributed by atoms with Crippen LogP contribution in [0.3, 0.4) is 0 Å². The lowest BCUT2D eigenvalue weighted by molar-refractivity contribution is -0.139. The van der Waals surface area contributed by atoms with Crippen molar-refractivity contribution in [1.82, 2.24) is 4.90 Å². The zero-order chi connectivity index (χ0) is 24.0. The number of rotatable bonds is 11. The number of benzene rings is 1. The highest BCUT2D eigenvalue weighted by Crippen LogP contribution is 2.29. The monoisotopic (exact) mass is 453 g/mol. The lowest BCUT2D eigenvalue weighted by Crippen LogP contribution is -2.50. The standard InChI is InChI=1S/C22H31NO9/c1-4-5-13-8-19(28)32-22-12(2)17(7-6-14(13)22)31-11-18(27)23(3)9-15(25)20(29)21(30)16(26)10-24/h6-8,15-16,20-21,24-26,29-30H,4-5,9-11H2,1-3H3/t15-,16-,20+,21-/m1/s1. The van der Waals surface area contributed by atoms with Crippen molar-refractivity contribution in [3.05, 3.63) is 39.7 Å². The molecule has 1 aromatic carbocycles. The molecule has 10 nitrogen and oxygen atoms in total. The first-order valence-corrected chi connectivity index (χ1v) is 10.4. The summed E-state index contributed by atoms with van der Waals surface area (Å²) in [5, 5.41) is 48.6. The summed E-state index contributed by atoms with van der Waals surface area (Å²) in [5.74, 6) is -0.160. The van der Waals surface area contributed by atoms with Crippen LogP contribution < -0.4 is 10.4 Å². The molecule has 0 aliphatic heterocycles. The maximum atomic E-state index is 12.4. The molecule has 0 fully saturated rings. The molecule has 0 spiro atoms. The van der Waals surface area contributed by atoms with Gasteiger partial charge in [0.2, 0.25) is 0 Å². The van der Waals surface area contributed by atoms with Crippen LogP contribution in [0.25, 0.3) is 11.0 Å². The van der Waals surface area contributed by atoms with E-state index < -0.39 is 42.6 Å². The number of ether oxygens (including phenoxy) is 1. The van der Waals surface area contributed by atoms with E-state index in [1.807, 2.05) is 6.92 Å². The normalized spacial score (nSPS) is 15.2. The van der Waals surface area contributed by atoms with Crippen molar-refractivity contribution < 1.29 is 39.5 Å². The van der Waals surface area contributed by atoms with E-state index in [0.29, 0.717) is 16.9 Å². The number of carbonyl (C=O) groups excluding carboxylic acids is 1. The van der Waals surface area contributed by atoms with Gasteiger partial charge < -0.3 is 39.6 Å². The summed E-state index contributed by atoms with van der Waals surface area (Å²) in [7, 11) is 1.37. The van der Waals surface area contributed by atoms with Crippen LogP contribution in [0.1, 0.15) is 24.5 Å². The highest BCUT2D eigenvalue weighted by Gasteiger charge is 2.31. The second kappa shape index (κ2) is 11.4. The molecule has 1 aromatic heterocycles. The van der Waals surface area contributed by atoms with Crippen molar-refractivity contribution in [3.8, 4) is 5.75 Å². The van der Waals surface area contributed by atoms with E-state index in [2.05, 4.69) is 0 Å². The molecule has 0 aliphatic rings. The summed E-state index contributed by atoms with van der Waals surface area (Å²) in [6, 6.07) is 4.93. The van der Waals surface area contributed by atoms with Crippen molar-refractivity contribution in [2.24, 2.45) is 0 Å². The third-order valence-corrected chi connectivity index (χ3v) is 5.28. The fourth-order valence-electron chi connectivity index (χ4n) is 3.34. The third kappa shape index (κ3) is 6.05. The van der Waals surface area contributed by atoms with Crippen LogP contribution in [0.15, 0.2) is 27.4 Å². The number of fused-ring (bicyclic) bond motifs is 1. The van der Waals surface area contributed by atoms with Crippen LogP contribution in [-0.2, 0) is 11.2 Å². The van der Waals surface area contributed by atoms with Crippen molar-refractivity contribution in [2.75, 3.05) is 26.8 Å². The van der Waals surface area contributed by atoms with Gasteiger partial charge in [-0.2, -0.15) is 0 Å². The molecule has 1 amide bonds. The molecule has 10 heteroatoms. The van der Waals surface area contributed by atoms with Gasteiger partial charge in [0.1, 0.15) is 35.7 Å². The molecule has 2 aromatic rings. The minimum Gasteiger partial charge on any atom is -0.483 e. The van der Waals surface area contributed by atoms with Gasteiger partial charge in [0.15, 0.2) is 6.61 Å². The van der Waals surface area contributed by atoms with Crippen molar-refractivity contribution in [3.63, 3.8) is 0 Å². The summed E-state index contributed by atoms with van der Waals surface area (Å²) in [6.07, 6.45) is -5.14. The predicted molar refractivity (Wildman–Crippen MR) is 115 cm³/mol. The Hall–Kier alpha value is -2.50. The molecule has 0 aliphatic carbocycles. The highest BCUT2D eigenvalue weighted by atomic mass is 16.5. The Balaban J connectivity index is 2.05. The van der Waals surface area contributed by atoms with Gasteiger partial charge in [-0.25, -0.2) is 4.79 Å². The van der Waals surface area contributed by atoms with Gasteiger partial charge in [-0.15, -0.1) is 0 Å². The molecular weight excluding hydrogens is 422 g/mol. The first-order chi connectivity index (χ1) is 15.1. The van der Waals surface area contributed by atoms with Gasteiger partial charge in [0.25, 0.3) is 5.91 Å². The second-order valence-corrected chi connectivity index (χ2v) is 7.77. The smallest absolute Gasteiger partial charge is 0.336 e. The molecule has 0 bridgehead atoms. The van der Waals surface area contributed by atoms with Crippen LogP contribution in [0, 0.1) is 6.92 Å². The van der Waals surface area contributed by atoms with Crippen LogP contribution in [0.5, 0.6) is 5.75 Å². The minimum absolute atomic E-state index is 0.343. The third-order valence-electron chi connectivity index (χ3n) is 5.28. The second-order valence-electron chi connectivity index (χ2n) is 7.77. The van der Waals surface area contributed by atoms with Gasteiger partial charge >= 0.3 is 5.63 Å². The predicted octanol–water partition coefficient (Wildman–Crippen LogP) is -0.673. The zero-order valence-electron chi connectivity index (χ0n) is 18.4. The fraction of sp³-hybridized carbons (Fsp3) is 0.545. The lowest BCUT2D eigenvalue weighted by atomic mass is 10.0. The summed E-state index contributed by atoms with van der Waals surface area (Å²) in [4.78, 5) is 25.4. The topological polar surface area (TPSA) is 161 Å². The average Bonchev–Trinajstić information content (AvgIpc) is 2.77. The van der Waals surface area contributed by atoms with Gasteiger partial charge in [0, 0.05) is 30.6 Å². The first kappa shape index (κ1) is 25.8. The molecule has 178 valence electrons. The maximum absolute atomic E-state index is 12.4. The Morgan fingerprint density at radius 1 is 1.16 bits per heavy atom. The molecule has 4 atom stereocenters. The molecule has 1 heterocycles. The number of aliphatic hydroxyl groups excluding tert-OH is 5. The Morgan fingerprint density at radius 2 is 1.81 bits per heavy atom. The molecule has 5 N–H and O–H groups in total. The largest absolute Gasteiger partial charge is 0.483 e. The van der Waals surface area contributed by atoms with Gasteiger partial charge in [-0.05, 0) is 31.0 Å². The molecule has 32 heavy (non-hydrogen) atoms. The lowest BCUT2D eigenvalue weighted by Gasteiger charge is -2.28. The SMILES string of the molecule is CCCc1cc(=O)oc2c(C)c(OCC(=O)N(C)C[C@@H](O)[C@H](O)[C@H](O)[C@H](O)CO)ccc12. The van der Waals surface area contributed by atoms with Gasteiger partial charge in [-0.3, -0.25) is 4.79 Å². The fourth-order valence-corrected chi connectivity index (χ4v) is 3.34. The molecule has 2 rings (SSSR count). The number of hydrogen-bond donors (Lipinski definition) is 5. The number of carbonyl (C=O) groups is 1. The number of hydrogen-bond acceptors (Lipinski definition) is 9. The quantitative estimate of drug-likeness (QED) is 0.278. The number of aliphatic hydroxyl groups is 5. The molecule has 0 saturated carbocycles. The van der Waals surface area contributed by atoms with E-state index in [1.54, 1.807) is 19.1 Å². The van der Waals surface area contributed by atoms with E-state index in [-0.39, 0.29) is 13.2 Å². The van der Waals surface area contributed by atoms with E-state index in [9.17, 15) is 30.0 Å². The zero-order valence-corrected chi connectivity index (χ0v) is 18.4. The van der Waals surface area contributed by atoms with Gasteiger partial charge in [0.05, 0.1) is 6.61 Å². The minimum atomic E-state index is -1.78. The highest BCUT2D eigenvalue weighted by molar-refractivity contribution is 5.85. The Morgan fingerprint density at radius 3 is 2.44 bits per heavy atom. The Bertz CT molecular complexity index is 974. The molecular formula is C22H31NO9. The van der Waals surface area contributed by atoms with Crippen LogP contribution in [0.2, 0.25) is 0 Å². The summed E-state index contributed by atoms with van der Waals surface area (Å²) < 4.78 is 10.9. The molecule has 0 saturated heterocycles. The average molecular weight is 453 g/mol. The first-order valence-electron chi connectivity index (χ1n) is 10.4. The maximum Gasteiger partial charge on any atom is 0.336 e. The van der Waals surface area contributed by atoms with E-state index in [0.717, 1.165) is 28.7 Å². The summed E-state index contributed by atoms with van der Waals surface area (Å²) >= 11 is 0. The van der Waals surface area contributed by atoms with Crippen LogP contribution >= 0.6 is 0 Å². The number of aryl methyl sites for hydroxylation is 2. The van der Waals surface area contributed by atoms with Crippen molar-refractivity contribution in [1.29, 1.82) is 0 Å². The summed E-state index contributed by atoms with van der Waals surface area (Å²) in [6.45, 7) is 2.21. The number of amides is 1. The Labute approximate surface area is 185 Å². The van der Waals surface area contributed by atoms with Crippen molar-refractivity contribution >= 4 is 16.9 Å². The van der Waals surface area contributed by atoms with Crippen LogP contribution in [-0.4, -0.2) is 87.6 Å². The van der Waals surface area contributed by atoms with E-state index in [4.69, 9.17) is 14.3 Å². The molecule has 0 unspecified atom stereocenters.